The van der Waals surface area contributed by atoms with Gasteiger partial charge in [-0.05, 0) is 24.6 Å². The average Bonchev–Trinajstić information content (AvgIpc) is 2.26. The molecule has 0 aliphatic carbocycles. The standard InChI is InChI=1S/C11H15F2N3O/c1-7-2-3-8(10(15)17)9(4-7)16-6-11(12,13)5-14/h2-4,16H,5-6,14H2,1H3,(H2,15,17). The molecular weight excluding hydrogens is 228 g/mol. The van der Waals surface area contributed by atoms with Gasteiger partial charge in [0.2, 0.25) is 0 Å². The zero-order chi connectivity index (χ0) is 13.1. The first-order chi connectivity index (χ1) is 7.85. The van der Waals surface area contributed by atoms with Gasteiger partial charge in [0, 0.05) is 5.69 Å². The summed E-state index contributed by atoms with van der Waals surface area (Å²) in [6, 6.07) is 4.78. The van der Waals surface area contributed by atoms with Crippen LogP contribution in [0.2, 0.25) is 0 Å². The number of hydrogen-bond donors (Lipinski definition) is 3. The van der Waals surface area contributed by atoms with E-state index in [1.54, 1.807) is 19.1 Å². The number of halogens is 2. The van der Waals surface area contributed by atoms with E-state index in [1.165, 1.54) is 6.07 Å². The number of benzene rings is 1. The Hall–Kier alpha value is -1.69. The van der Waals surface area contributed by atoms with Crippen LogP contribution in [0.1, 0.15) is 15.9 Å². The van der Waals surface area contributed by atoms with Gasteiger partial charge < -0.3 is 16.8 Å². The van der Waals surface area contributed by atoms with Crippen molar-refractivity contribution >= 4 is 11.6 Å². The summed E-state index contributed by atoms with van der Waals surface area (Å²) in [5.41, 5.74) is 11.4. The minimum atomic E-state index is -3.02. The van der Waals surface area contributed by atoms with E-state index in [1.807, 2.05) is 0 Å². The molecular formula is C11H15F2N3O. The van der Waals surface area contributed by atoms with Crippen molar-refractivity contribution in [2.75, 3.05) is 18.4 Å². The molecule has 1 aromatic rings. The van der Waals surface area contributed by atoms with Crippen LogP contribution in [0.25, 0.3) is 0 Å². The summed E-state index contributed by atoms with van der Waals surface area (Å²) < 4.78 is 25.9. The van der Waals surface area contributed by atoms with E-state index < -0.39 is 24.9 Å². The molecule has 0 aromatic heterocycles. The number of amides is 1. The largest absolute Gasteiger partial charge is 0.378 e. The summed E-state index contributed by atoms with van der Waals surface area (Å²) in [7, 11) is 0. The van der Waals surface area contributed by atoms with E-state index in [0.29, 0.717) is 5.69 Å². The summed E-state index contributed by atoms with van der Waals surface area (Å²) in [5, 5.41) is 2.50. The summed E-state index contributed by atoms with van der Waals surface area (Å²) >= 11 is 0. The molecule has 17 heavy (non-hydrogen) atoms. The third kappa shape index (κ3) is 3.67. The minimum absolute atomic E-state index is 0.184. The van der Waals surface area contributed by atoms with Crippen LogP contribution in [0.5, 0.6) is 0 Å². The SMILES string of the molecule is Cc1ccc(C(N)=O)c(NCC(F)(F)CN)c1. The Balaban J connectivity index is 2.89. The topological polar surface area (TPSA) is 81.1 Å². The molecule has 0 radical (unpaired) electrons. The van der Waals surface area contributed by atoms with E-state index in [-0.39, 0.29) is 5.56 Å². The van der Waals surface area contributed by atoms with Gasteiger partial charge in [-0.1, -0.05) is 6.07 Å². The van der Waals surface area contributed by atoms with Crippen molar-refractivity contribution in [3.05, 3.63) is 29.3 Å². The Labute approximate surface area is 98.0 Å². The number of rotatable bonds is 5. The number of carbonyl (C=O) groups excluding carboxylic acids is 1. The highest BCUT2D eigenvalue weighted by Crippen LogP contribution is 2.19. The highest BCUT2D eigenvalue weighted by Gasteiger charge is 2.26. The molecule has 0 atom stereocenters. The van der Waals surface area contributed by atoms with Crippen LogP contribution in [-0.4, -0.2) is 24.9 Å². The zero-order valence-corrected chi connectivity index (χ0v) is 9.47. The Bertz CT molecular complexity index is 421. The summed E-state index contributed by atoms with van der Waals surface area (Å²) in [6.07, 6.45) is 0. The molecule has 0 saturated heterocycles. The Morgan fingerprint density at radius 2 is 2.12 bits per heavy atom. The third-order valence-electron chi connectivity index (χ3n) is 2.28. The molecule has 0 spiro atoms. The van der Waals surface area contributed by atoms with Gasteiger partial charge in [0.05, 0.1) is 18.7 Å². The second kappa shape index (κ2) is 5.09. The van der Waals surface area contributed by atoms with Gasteiger partial charge in [-0.25, -0.2) is 8.78 Å². The normalized spacial score (nSPS) is 11.3. The van der Waals surface area contributed by atoms with Crippen molar-refractivity contribution < 1.29 is 13.6 Å². The third-order valence-corrected chi connectivity index (χ3v) is 2.28. The lowest BCUT2D eigenvalue weighted by atomic mass is 10.1. The number of alkyl halides is 2. The van der Waals surface area contributed by atoms with Crippen LogP contribution in [0.15, 0.2) is 18.2 Å². The number of carbonyl (C=O) groups is 1. The predicted octanol–water partition coefficient (Wildman–Crippen LogP) is 1.10. The number of anilines is 1. The molecule has 0 fully saturated rings. The smallest absolute Gasteiger partial charge is 0.276 e. The number of nitrogens with one attached hydrogen (secondary N) is 1. The molecule has 0 bridgehead atoms. The Morgan fingerprint density at radius 1 is 1.47 bits per heavy atom. The van der Waals surface area contributed by atoms with Crippen LogP contribution < -0.4 is 16.8 Å². The minimum Gasteiger partial charge on any atom is -0.378 e. The first-order valence-corrected chi connectivity index (χ1v) is 5.08. The van der Waals surface area contributed by atoms with Gasteiger partial charge in [-0.3, -0.25) is 4.79 Å². The van der Waals surface area contributed by atoms with Crippen molar-refractivity contribution in [3.8, 4) is 0 Å². The molecule has 0 heterocycles. The lowest BCUT2D eigenvalue weighted by Crippen LogP contribution is -2.35. The van der Waals surface area contributed by atoms with Gasteiger partial charge in [0.1, 0.15) is 0 Å². The van der Waals surface area contributed by atoms with Gasteiger partial charge in [0.25, 0.3) is 11.8 Å². The molecule has 1 aromatic carbocycles. The molecule has 5 N–H and O–H groups in total. The number of nitrogens with two attached hydrogens (primary N) is 2. The monoisotopic (exact) mass is 243 g/mol. The fourth-order valence-electron chi connectivity index (χ4n) is 1.32. The maximum atomic E-state index is 13.0. The van der Waals surface area contributed by atoms with Crippen molar-refractivity contribution in [3.63, 3.8) is 0 Å². The molecule has 0 unspecified atom stereocenters. The summed E-state index contributed by atoms with van der Waals surface area (Å²) in [5.74, 6) is -3.68. The second-order valence-electron chi connectivity index (χ2n) is 3.83. The summed E-state index contributed by atoms with van der Waals surface area (Å²) in [4.78, 5) is 11.1. The summed E-state index contributed by atoms with van der Waals surface area (Å²) in [6.45, 7) is 0.405. The van der Waals surface area contributed by atoms with E-state index in [4.69, 9.17) is 11.5 Å². The highest BCUT2D eigenvalue weighted by atomic mass is 19.3. The van der Waals surface area contributed by atoms with Crippen LogP contribution in [0.4, 0.5) is 14.5 Å². The van der Waals surface area contributed by atoms with Crippen LogP contribution in [0, 0.1) is 6.92 Å². The number of primary amides is 1. The van der Waals surface area contributed by atoms with Crippen LogP contribution in [0.3, 0.4) is 0 Å². The zero-order valence-electron chi connectivity index (χ0n) is 9.47. The highest BCUT2D eigenvalue weighted by molar-refractivity contribution is 5.98. The second-order valence-corrected chi connectivity index (χ2v) is 3.83. The number of hydrogen-bond acceptors (Lipinski definition) is 3. The molecule has 0 saturated carbocycles. The first-order valence-electron chi connectivity index (χ1n) is 5.08. The Morgan fingerprint density at radius 3 is 2.65 bits per heavy atom. The van der Waals surface area contributed by atoms with Gasteiger partial charge in [-0.15, -0.1) is 0 Å². The number of aryl methyl sites for hydroxylation is 1. The fraction of sp³-hybridized carbons (Fsp3) is 0.364. The Kier molecular flexibility index (Phi) is 4.01. The average molecular weight is 243 g/mol. The van der Waals surface area contributed by atoms with Crippen molar-refractivity contribution in [2.24, 2.45) is 11.5 Å². The molecule has 0 aliphatic rings. The maximum absolute atomic E-state index is 13.0. The lowest BCUT2D eigenvalue weighted by molar-refractivity contribution is 0.0253. The first kappa shape index (κ1) is 13.4. The maximum Gasteiger partial charge on any atom is 0.276 e. The van der Waals surface area contributed by atoms with Crippen LogP contribution in [-0.2, 0) is 0 Å². The van der Waals surface area contributed by atoms with E-state index in [9.17, 15) is 13.6 Å². The van der Waals surface area contributed by atoms with Crippen molar-refractivity contribution in [1.29, 1.82) is 0 Å². The predicted molar refractivity (Wildman–Crippen MR) is 62.2 cm³/mol. The molecule has 0 aliphatic heterocycles. The van der Waals surface area contributed by atoms with E-state index in [0.717, 1.165) is 5.56 Å². The fourth-order valence-corrected chi connectivity index (χ4v) is 1.32. The molecule has 6 heteroatoms. The molecule has 1 amide bonds. The van der Waals surface area contributed by atoms with E-state index >= 15 is 0 Å². The van der Waals surface area contributed by atoms with Gasteiger partial charge in [0.15, 0.2) is 0 Å². The van der Waals surface area contributed by atoms with Gasteiger partial charge >= 0.3 is 0 Å². The van der Waals surface area contributed by atoms with Crippen molar-refractivity contribution in [1.82, 2.24) is 0 Å². The van der Waals surface area contributed by atoms with E-state index in [2.05, 4.69) is 5.32 Å². The molecule has 4 nitrogen and oxygen atoms in total. The quantitative estimate of drug-likeness (QED) is 0.724. The molecule has 94 valence electrons. The van der Waals surface area contributed by atoms with Crippen LogP contribution >= 0.6 is 0 Å². The van der Waals surface area contributed by atoms with Gasteiger partial charge in [-0.2, -0.15) is 0 Å². The molecule has 1 rings (SSSR count). The van der Waals surface area contributed by atoms with Crippen molar-refractivity contribution in [2.45, 2.75) is 12.8 Å². The lowest BCUT2D eigenvalue weighted by Gasteiger charge is -2.17.